The number of unbranched alkanes of at least 4 members (excludes halogenated alkanes) is 1. The van der Waals surface area contributed by atoms with Crippen LogP contribution >= 0.6 is 0 Å². The first-order chi connectivity index (χ1) is 5.69. The zero-order valence-corrected chi connectivity index (χ0v) is 7.75. The lowest BCUT2D eigenvalue weighted by atomic mass is 9.90. The van der Waals surface area contributed by atoms with E-state index in [-0.39, 0.29) is 6.04 Å². The van der Waals surface area contributed by atoms with Gasteiger partial charge in [-0.15, -0.1) is 0 Å². The van der Waals surface area contributed by atoms with E-state index in [1.807, 2.05) is 0 Å². The summed E-state index contributed by atoms with van der Waals surface area (Å²) in [6, 6.07) is -0.111. The van der Waals surface area contributed by atoms with Gasteiger partial charge in [0.05, 0.1) is 6.61 Å². The molecule has 3 heteroatoms. The maximum absolute atomic E-state index is 9.94. The molecule has 0 aromatic heterocycles. The Morgan fingerprint density at radius 1 is 1.67 bits per heavy atom. The number of nitrogens with two attached hydrogens (primary N) is 1. The Balaban J connectivity index is 2.33. The molecule has 0 radical (unpaired) electrons. The Bertz CT molecular complexity index is 132. The quantitative estimate of drug-likeness (QED) is 0.656. The van der Waals surface area contributed by atoms with Crippen molar-refractivity contribution >= 4 is 0 Å². The minimum atomic E-state index is -0.741. The number of rotatable bonds is 4. The zero-order chi connectivity index (χ0) is 9.03. The summed E-state index contributed by atoms with van der Waals surface area (Å²) in [5.74, 6) is 0. The van der Waals surface area contributed by atoms with Crippen molar-refractivity contribution in [2.75, 3.05) is 13.2 Å². The molecular weight excluding hydrogens is 154 g/mol. The van der Waals surface area contributed by atoms with Gasteiger partial charge in [0, 0.05) is 19.1 Å². The average Bonchev–Trinajstić information content (AvgIpc) is 2.49. The van der Waals surface area contributed by atoms with E-state index in [1.54, 1.807) is 0 Å². The van der Waals surface area contributed by atoms with Crippen molar-refractivity contribution < 1.29 is 9.84 Å². The summed E-state index contributed by atoms with van der Waals surface area (Å²) in [6.45, 7) is 3.19. The maximum atomic E-state index is 9.94. The summed E-state index contributed by atoms with van der Waals surface area (Å²) in [5, 5.41) is 9.94. The smallest absolute Gasteiger partial charge is 0.105 e. The van der Waals surface area contributed by atoms with Gasteiger partial charge in [0.2, 0.25) is 0 Å². The molecule has 1 rings (SSSR count). The fourth-order valence-electron chi connectivity index (χ4n) is 1.56. The molecule has 72 valence electrons. The lowest BCUT2D eigenvalue weighted by Crippen LogP contribution is -2.48. The Morgan fingerprint density at radius 2 is 2.42 bits per heavy atom. The second-order valence-corrected chi connectivity index (χ2v) is 3.65. The van der Waals surface area contributed by atoms with E-state index >= 15 is 0 Å². The highest BCUT2D eigenvalue weighted by atomic mass is 16.5. The van der Waals surface area contributed by atoms with Gasteiger partial charge >= 0.3 is 0 Å². The van der Waals surface area contributed by atoms with E-state index in [0.29, 0.717) is 19.6 Å². The van der Waals surface area contributed by atoms with Gasteiger partial charge in [-0.1, -0.05) is 19.8 Å². The van der Waals surface area contributed by atoms with Crippen molar-refractivity contribution in [2.45, 2.75) is 44.2 Å². The predicted molar refractivity (Wildman–Crippen MR) is 47.9 cm³/mol. The largest absolute Gasteiger partial charge is 0.386 e. The van der Waals surface area contributed by atoms with E-state index < -0.39 is 5.60 Å². The third kappa shape index (κ3) is 2.19. The van der Waals surface area contributed by atoms with Gasteiger partial charge in [-0.3, -0.25) is 0 Å². The summed E-state index contributed by atoms with van der Waals surface area (Å²) in [5.41, 5.74) is 5.13. The highest BCUT2D eigenvalue weighted by molar-refractivity contribution is 4.92. The molecule has 0 amide bonds. The molecule has 1 heterocycles. The summed E-state index contributed by atoms with van der Waals surface area (Å²) in [4.78, 5) is 0. The van der Waals surface area contributed by atoms with E-state index in [4.69, 9.17) is 10.5 Å². The van der Waals surface area contributed by atoms with Gasteiger partial charge in [0.25, 0.3) is 0 Å². The highest BCUT2D eigenvalue weighted by Gasteiger charge is 2.37. The topological polar surface area (TPSA) is 55.5 Å². The molecule has 1 aliphatic heterocycles. The third-order valence-corrected chi connectivity index (χ3v) is 2.59. The molecule has 1 fully saturated rings. The average molecular weight is 173 g/mol. The van der Waals surface area contributed by atoms with Gasteiger partial charge in [-0.05, 0) is 6.42 Å². The molecular formula is C9H19NO2. The molecule has 3 nitrogen and oxygen atoms in total. The van der Waals surface area contributed by atoms with Crippen LogP contribution in [0.2, 0.25) is 0 Å². The normalized spacial score (nSPS) is 32.2. The summed E-state index contributed by atoms with van der Waals surface area (Å²) in [6.07, 6.45) is 3.81. The van der Waals surface area contributed by atoms with Crippen LogP contribution < -0.4 is 5.73 Å². The molecule has 0 aromatic carbocycles. The molecule has 0 aromatic rings. The van der Waals surface area contributed by atoms with Crippen LogP contribution in [0.5, 0.6) is 0 Å². The lowest BCUT2D eigenvalue weighted by Gasteiger charge is -2.27. The van der Waals surface area contributed by atoms with Crippen molar-refractivity contribution in [1.82, 2.24) is 0 Å². The summed E-state index contributed by atoms with van der Waals surface area (Å²) in [7, 11) is 0. The molecule has 2 atom stereocenters. The van der Waals surface area contributed by atoms with Gasteiger partial charge in [0.1, 0.15) is 5.60 Å². The number of aliphatic hydroxyl groups is 1. The molecule has 12 heavy (non-hydrogen) atoms. The molecule has 3 N–H and O–H groups in total. The Hall–Kier alpha value is -0.120. The lowest BCUT2D eigenvalue weighted by molar-refractivity contribution is 0.00152. The summed E-state index contributed by atoms with van der Waals surface area (Å²) < 4.78 is 5.13. The van der Waals surface area contributed by atoms with Crippen molar-refractivity contribution in [3.05, 3.63) is 0 Å². The minimum absolute atomic E-state index is 0.111. The van der Waals surface area contributed by atoms with Crippen molar-refractivity contribution in [3.8, 4) is 0 Å². The van der Waals surface area contributed by atoms with Crippen LogP contribution in [0.3, 0.4) is 0 Å². The van der Waals surface area contributed by atoms with Crippen LogP contribution in [-0.2, 0) is 4.74 Å². The molecule has 0 saturated carbocycles. The predicted octanol–water partition coefficient (Wildman–Crippen LogP) is 0.655. The SMILES string of the molecule is CCCCC(N)C1(O)CCOC1. The van der Waals surface area contributed by atoms with Crippen LogP contribution in [0.1, 0.15) is 32.6 Å². The summed E-state index contributed by atoms with van der Waals surface area (Å²) >= 11 is 0. The first-order valence-corrected chi connectivity index (χ1v) is 4.75. The van der Waals surface area contributed by atoms with Crippen molar-refractivity contribution in [1.29, 1.82) is 0 Å². The third-order valence-electron chi connectivity index (χ3n) is 2.59. The minimum Gasteiger partial charge on any atom is -0.386 e. The standard InChI is InChI=1S/C9H19NO2/c1-2-3-4-8(10)9(11)5-6-12-7-9/h8,11H,2-7,10H2,1H3. The highest BCUT2D eigenvalue weighted by Crippen LogP contribution is 2.23. The van der Waals surface area contributed by atoms with Crippen LogP contribution in [0.25, 0.3) is 0 Å². The van der Waals surface area contributed by atoms with Crippen molar-refractivity contribution in [2.24, 2.45) is 5.73 Å². The zero-order valence-electron chi connectivity index (χ0n) is 7.75. The van der Waals surface area contributed by atoms with Crippen LogP contribution in [0.15, 0.2) is 0 Å². The second kappa shape index (κ2) is 4.21. The van der Waals surface area contributed by atoms with Crippen LogP contribution in [-0.4, -0.2) is 30.0 Å². The van der Waals surface area contributed by atoms with Gasteiger partial charge in [-0.2, -0.15) is 0 Å². The van der Waals surface area contributed by atoms with Crippen LogP contribution in [0, 0.1) is 0 Å². The Labute approximate surface area is 73.9 Å². The molecule has 0 spiro atoms. The van der Waals surface area contributed by atoms with E-state index in [0.717, 1.165) is 19.3 Å². The fourth-order valence-corrected chi connectivity index (χ4v) is 1.56. The second-order valence-electron chi connectivity index (χ2n) is 3.65. The molecule has 2 unspecified atom stereocenters. The Morgan fingerprint density at radius 3 is 2.92 bits per heavy atom. The van der Waals surface area contributed by atoms with E-state index in [1.165, 1.54) is 0 Å². The number of hydrogen-bond acceptors (Lipinski definition) is 3. The first-order valence-electron chi connectivity index (χ1n) is 4.75. The van der Waals surface area contributed by atoms with Gasteiger partial charge in [-0.25, -0.2) is 0 Å². The van der Waals surface area contributed by atoms with Gasteiger partial charge < -0.3 is 15.6 Å². The number of hydrogen-bond donors (Lipinski definition) is 2. The van der Waals surface area contributed by atoms with E-state index in [2.05, 4.69) is 6.92 Å². The number of ether oxygens (including phenoxy) is 1. The molecule has 1 aliphatic rings. The van der Waals surface area contributed by atoms with E-state index in [9.17, 15) is 5.11 Å². The molecule has 0 aliphatic carbocycles. The van der Waals surface area contributed by atoms with Crippen LogP contribution in [0.4, 0.5) is 0 Å². The molecule has 1 saturated heterocycles. The van der Waals surface area contributed by atoms with Gasteiger partial charge in [0.15, 0.2) is 0 Å². The first kappa shape index (κ1) is 9.96. The fraction of sp³-hybridized carbons (Fsp3) is 1.00. The monoisotopic (exact) mass is 173 g/mol. The Kier molecular flexibility index (Phi) is 3.50. The molecule has 0 bridgehead atoms. The maximum Gasteiger partial charge on any atom is 0.105 e. The van der Waals surface area contributed by atoms with Crippen molar-refractivity contribution in [3.63, 3.8) is 0 Å².